The van der Waals surface area contributed by atoms with Crippen LogP contribution in [0.5, 0.6) is 0 Å². The highest BCUT2D eigenvalue weighted by Gasteiger charge is 2.30. The molecule has 2 aromatic rings. The van der Waals surface area contributed by atoms with Crippen LogP contribution in [0.1, 0.15) is 28.4 Å². The number of rotatable bonds is 4. The Morgan fingerprint density at radius 3 is 2.62 bits per heavy atom. The van der Waals surface area contributed by atoms with Gasteiger partial charge in [-0.25, -0.2) is 0 Å². The molecule has 2 aromatic carbocycles. The van der Waals surface area contributed by atoms with E-state index in [1.807, 2.05) is 50.2 Å². The molecule has 1 saturated heterocycles. The first kappa shape index (κ1) is 18.4. The molecule has 1 N–H and O–H groups in total. The number of anilines is 1. The lowest BCUT2D eigenvalue weighted by atomic mass is 10.1. The third-order valence-corrected chi connectivity index (χ3v) is 5.32. The number of nitrogens with one attached hydrogen (secondary N) is 1. The average molecular weight is 383 g/mol. The summed E-state index contributed by atoms with van der Waals surface area (Å²) >= 11 is 6.53. The molecule has 0 radical (unpaired) electrons. The molecule has 0 aliphatic carbocycles. The maximum Gasteiger partial charge on any atom is 0.266 e. The number of thioether (sulfide) groups is 1. The van der Waals surface area contributed by atoms with E-state index in [4.69, 9.17) is 12.2 Å². The van der Waals surface area contributed by atoms with E-state index in [0.717, 1.165) is 11.1 Å². The minimum atomic E-state index is -0.167. The van der Waals surface area contributed by atoms with Crippen LogP contribution in [0.4, 0.5) is 5.69 Å². The molecule has 0 atom stereocenters. The quantitative estimate of drug-likeness (QED) is 0.626. The predicted octanol–water partition coefficient (Wildman–Crippen LogP) is 4.47. The molecule has 132 valence electrons. The van der Waals surface area contributed by atoms with Crippen molar-refractivity contribution in [3.8, 4) is 0 Å². The zero-order valence-electron chi connectivity index (χ0n) is 14.5. The molecule has 6 heteroatoms. The van der Waals surface area contributed by atoms with Crippen LogP contribution in [-0.4, -0.2) is 27.6 Å². The van der Waals surface area contributed by atoms with Gasteiger partial charge in [-0.1, -0.05) is 53.8 Å². The number of aryl methyl sites for hydroxylation is 1. The monoisotopic (exact) mass is 382 g/mol. The molecule has 26 heavy (non-hydrogen) atoms. The topological polar surface area (TPSA) is 49.4 Å². The molecule has 0 unspecified atom stereocenters. The first-order valence-corrected chi connectivity index (χ1v) is 9.44. The van der Waals surface area contributed by atoms with Gasteiger partial charge in [0.25, 0.3) is 11.8 Å². The summed E-state index contributed by atoms with van der Waals surface area (Å²) < 4.78 is 0.576. The molecule has 1 fully saturated rings. The Morgan fingerprint density at radius 1 is 1.23 bits per heavy atom. The lowest BCUT2D eigenvalue weighted by molar-refractivity contribution is -0.121. The summed E-state index contributed by atoms with van der Waals surface area (Å²) in [5.41, 5.74) is 3.22. The summed E-state index contributed by atoms with van der Waals surface area (Å²) in [6, 6.07) is 14.8. The fourth-order valence-corrected chi connectivity index (χ4v) is 3.92. The lowest BCUT2D eigenvalue weighted by Gasteiger charge is -2.09. The van der Waals surface area contributed by atoms with Crippen molar-refractivity contribution in [1.29, 1.82) is 0 Å². The largest absolute Gasteiger partial charge is 0.322 e. The van der Waals surface area contributed by atoms with Gasteiger partial charge in [-0.2, -0.15) is 0 Å². The van der Waals surface area contributed by atoms with Gasteiger partial charge in [0.15, 0.2) is 0 Å². The molecule has 0 saturated carbocycles. The number of hydrogen-bond donors (Lipinski definition) is 1. The van der Waals surface area contributed by atoms with Crippen LogP contribution in [-0.2, 0) is 4.79 Å². The summed E-state index contributed by atoms with van der Waals surface area (Å²) in [5, 5.41) is 2.89. The first-order chi connectivity index (χ1) is 12.5. The van der Waals surface area contributed by atoms with E-state index in [2.05, 4.69) is 5.32 Å². The van der Waals surface area contributed by atoms with Crippen molar-refractivity contribution in [2.75, 3.05) is 11.9 Å². The van der Waals surface area contributed by atoms with Crippen LogP contribution < -0.4 is 5.32 Å². The zero-order valence-corrected chi connectivity index (χ0v) is 16.1. The van der Waals surface area contributed by atoms with E-state index in [1.54, 1.807) is 23.1 Å². The van der Waals surface area contributed by atoms with E-state index in [1.165, 1.54) is 11.8 Å². The van der Waals surface area contributed by atoms with Gasteiger partial charge in [0.2, 0.25) is 0 Å². The van der Waals surface area contributed by atoms with Crippen molar-refractivity contribution in [2.24, 2.45) is 0 Å². The van der Waals surface area contributed by atoms with Crippen molar-refractivity contribution >= 4 is 51.9 Å². The van der Waals surface area contributed by atoms with E-state index in [9.17, 15) is 9.59 Å². The molecule has 1 aliphatic rings. The maximum atomic E-state index is 12.3. The predicted molar refractivity (Wildman–Crippen MR) is 111 cm³/mol. The molecular weight excluding hydrogens is 364 g/mol. The minimum absolute atomic E-state index is 0.0726. The highest BCUT2D eigenvalue weighted by molar-refractivity contribution is 8.26. The Bertz CT molecular complexity index is 904. The van der Waals surface area contributed by atoms with Gasteiger partial charge < -0.3 is 5.32 Å². The highest BCUT2D eigenvalue weighted by atomic mass is 32.2. The summed E-state index contributed by atoms with van der Waals surface area (Å²) in [7, 11) is 0. The van der Waals surface area contributed by atoms with Crippen molar-refractivity contribution in [3.63, 3.8) is 0 Å². The number of benzene rings is 2. The number of hydrogen-bond acceptors (Lipinski definition) is 4. The van der Waals surface area contributed by atoms with Gasteiger partial charge in [0.1, 0.15) is 4.32 Å². The van der Waals surface area contributed by atoms with Gasteiger partial charge in [-0.15, -0.1) is 0 Å². The van der Waals surface area contributed by atoms with Gasteiger partial charge in [0.05, 0.1) is 4.91 Å². The molecule has 1 aliphatic heterocycles. The van der Waals surface area contributed by atoms with Crippen LogP contribution in [0, 0.1) is 6.92 Å². The third kappa shape index (κ3) is 4.03. The van der Waals surface area contributed by atoms with Crippen LogP contribution in [0.25, 0.3) is 6.08 Å². The Kier molecular flexibility index (Phi) is 5.54. The molecule has 1 heterocycles. The van der Waals surface area contributed by atoms with Crippen molar-refractivity contribution in [1.82, 2.24) is 4.90 Å². The van der Waals surface area contributed by atoms with Gasteiger partial charge in [-0.05, 0) is 49.8 Å². The molecule has 3 rings (SSSR count). The smallest absolute Gasteiger partial charge is 0.266 e. The van der Waals surface area contributed by atoms with Gasteiger partial charge in [0, 0.05) is 17.8 Å². The van der Waals surface area contributed by atoms with Crippen LogP contribution in [0.3, 0.4) is 0 Å². The van der Waals surface area contributed by atoms with Crippen LogP contribution in [0.15, 0.2) is 53.4 Å². The first-order valence-electron chi connectivity index (χ1n) is 8.21. The normalized spacial score (nSPS) is 15.6. The van der Waals surface area contributed by atoms with Crippen molar-refractivity contribution in [2.45, 2.75) is 13.8 Å². The number of amides is 2. The molecular formula is C20H18N2O2S2. The van der Waals surface area contributed by atoms with E-state index in [0.29, 0.717) is 27.0 Å². The second-order valence-corrected chi connectivity index (χ2v) is 7.55. The standard InChI is InChI=1S/C20H18N2O2S2/c1-3-22-19(24)17(26-20(22)25)12-14-5-4-6-16(11-14)21-18(23)15-9-7-13(2)8-10-15/h4-12H,3H2,1-2H3,(H,21,23)/b17-12+. The number of carbonyl (C=O) groups is 2. The summed E-state index contributed by atoms with van der Waals surface area (Å²) in [6.45, 7) is 4.44. The summed E-state index contributed by atoms with van der Waals surface area (Å²) in [6.07, 6.45) is 1.80. The van der Waals surface area contributed by atoms with E-state index < -0.39 is 0 Å². The Balaban J connectivity index is 1.77. The van der Waals surface area contributed by atoms with Crippen molar-refractivity contribution in [3.05, 3.63) is 70.1 Å². The Hall–Kier alpha value is -2.44. The lowest BCUT2D eigenvalue weighted by Crippen LogP contribution is -2.27. The van der Waals surface area contributed by atoms with Crippen LogP contribution >= 0.6 is 24.0 Å². The number of thiocarbonyl (C=S) groups is 1. The van der Waals surface area contributed by atoms with Gasteiger partial charge >= 0.3 is 0 Å². The number of carbonyl (C=O) groups excluding carboxylic acids is 2. The highest BCUT2D eigenvalue weighted by Crippen LogP contribution is 2.32. The molecule has 0 bridgehead atoms. The maximum absolute atomic E-state index is 12.3. The second kappa shape index (κ2) is 7.85. The van der Waals surface area contributed by atoms with E-state index >= 15 is 0 Å². The number of likely N-dealkylation sites (N-methyl/N-ethyl adjacent to an activating group) is 1. The zero-order chi connectivity index (χ0) is 18.7. The number of nitrogens with zero attached hydrogens (tertiary/aromatic N) is 1. The van der Waals surface area contributed by atoms with E-state index in [-0.39, 0.29) is 11.8 Å². The molecule has 0 spiro atoms. The minimum Gasteiger partial charge on any atom is -0.322 e. The van der Waals surface area contributed by atoms with Crippen LogP contribution in [0.2, 0.25) is 0 Å². The fourth-order valence-electron chi connectivity index (χ4n) is 2.54. The van der Waals surface area contributed by atoms with Crippen molar-refractivity contribution < 1.29 is 9.59 Å². The second-order valence-electron chi connectivity index (χ2n) is 5.87. The summed E-state index contributed by atoms with van der Waals surface area (Å²) in [5.74, 6) is -0.240. The third-order valence-electron chi connectivity index (χ3n) is 3.95. The molecule has 4 nitrogen and oxygen atoms in total. The van der Waals surface area contributed by atoms with Gasteiger partial charge in [-0.3, -0.25) is 14.5 Å². The SMILES string of the molecule is CCN1C(=O)/C(=C\c2cccc(NC(=O)c3ccc(C)cc3)c2)SC1=S. The Morgan fingerprint density at radius 2 is 1.96 bits per heavy atom. The average Bonchev–Trinajstić information content (AvgIpc) is 2.88. The fraction of sp³-hybridized carbons (Fsp3) is 0.150. The molecule has 0 aromatic heterocycles. The summed E-state index contributed by atoms with van der Waals surface area (Å²) in [4.78, 5) is 26.8. The molecule has 2 amide bonds. The Labute approximate surface area is 162 Å².